The van der Waals surface area contributed by atoms with E-state index in [0.29, 0.717) is 11.1 Å². The molecule has 0 N–H and O–H groups in total. The molecule has 0 atom stereocenters. The lowest BCUT2D eigenvalue weighted by Gasteiger charge is -2.09. The van der Waals surface area contributed by atoms with Gasteiger partial charge in [0, 0.05) is 17.0 Å². The number of rotatable bonds is 4. The molecule has 1 aromatic heterocycles. The Morgan fingerprint density at radius 2 is 1.68 bits per heavy atom. The number of benzene rings is 2. The number of esters is 1. The van der Waals surface area contributed by atoms with Crippen LogP contribution in [0.1, 0.15) is 27.8 Å². The lowest BCUT2D eigenvalue weighted by molar-refractivity contribution is -0.144. The van der Waals surface area contributed by atoms with Gasteiger partial charge in [-0.3, -0.25) is 4.79 Å². The Bertz CT molecular complexity index is 981. The summed E-state index contributed by atoms with van der Waals surface area (Å²) in [6.07, 6.45) is 0.206. The van der Waals surface area contributed by atoms with Crippen LogP contribution in [0.5, 0.6) is 0 Å². The first kappa shape index (κ1) is 17.0. The van der Waals surface area contributed by atoms with Crippen molar-refractivity contribution in [2.45, 2.75) is 33.8 Å². The van der Waals surface area contributed by atoms with Gasteiger partial charge in [0.1, 0.15) is 12.2 Å². The van der Waals surface area contributed by atoms with Crippen molar-refractivity contribution in [2.24, 2.45) is 0 Å². The van der Waals surface area contributed by atoms with Crippen LogP contribution in [0.3, 0.4) is 0 Å². The smallest absolute Gasteiger partial charge is 0.336 e. The van der Waals surface area contributed by atoms with Crippen LogP contribution in [0.2, 0.25) is 0 Å². The molecule has 0 amide bonds. The van der Waals surface area contributed by atoms with E-state index in [9.17, 15) is 9.59 Å². The zero-order chi connectivity index (χ0) is 18.0. The first-order chi connectivity index (χ1) is 11.9. The zero-order valence-corrected chi connectivity index (χ0v) is 14.6. The van der Waals surface area contributed by atoms with Gasteiger partial charge in [0.2, 0.25) is 0 Å². The van der Waals surface area contributed by atoms with Crippen LogP contribution < -0.4 is 5.63 Å². The van der Waals surface area contributed by atoms with Crippen molar-refractivity contribution in [3.63, 3.8) is 0 Å². The van der Waals surface area contributed by atoms with E-state index in [4.69, 9.17) is 9.15 Å². The predicted octanol–water partition coefficient (Wildman–Crippen LogP) is 4.00. The molecule has 4 nitrogen and oxygen atoms in total. The van der Waals surface area contributed by atoms with Crippen molar-refractivity contribution >= 4 is 16.9 Å². The van der Waals surface area contributed by atoms with E-state index in [-0.39, 0.29) is 19.0 Å². The first-order valence-electron chi connectivity index (χ1n) is 8.17. The summed E-state index contributed by atoms with van der Waals surface area (Å²) >= 11 is 0. The Kier molecular flexibility index (Phi) is 4.70. The lowest BCUT2D eigenvalue weighted by Crippen LogP contribution is -2.10. The van der Waals surface area contributed by atoms with Crippen molar-refractivity contribution in [2.75, 3.05) is 0 Å². The fourth-order valence-electron chi connectivity index (χ4n) is 2.68. The molecule has 25 heavy (non-hydrogen) atoms. The average Bonchev–Trinajstić information content (AvgIpc) is 2.56. The molecular weight excluding hydrogens is 316 g/mol. The van der Waals surface area contributed by atoms with Crippen LogP contribution in [0.25, 0.3) is 11.0 Å². The van der Waals surface area contributed by atoms with Gasteiger partial charge in [0.25, 0.3) is 0 Å². The van der Waals surface area contributed by atoms with Gasteiger partial charge in [-0.1, -0.05) is 29.8 Å². The Labute approximate surface area is 146 Å². The van der Waals surface area contributed by atoms with Crippen LogP contribution in [-0.2, 0) is 22.6 Å². The van der Waals surface area contributed by atoms with Gasteiger partial charge < -0.3 is 9.15 Å². The van der Waals surface area contributed by atoms with Gasteiger partial charge in [-0.2, -0.15) is 0 Å². The molecule has 0 spiro atoms. The Morgan fingerprint density at radius 3 is 2.40 bits per heavy atom. The van der Waals surface area contributed by atoms with Crippen molar-refractivity contribution in [1.29, 1.82) is 0 Å². The van der Waals surface area contributed by atoms with E-state index in [0.717, 1.165) is 27.6 Å². The van der Waals surface area contributed by atoms with Crippen molar-refractivity contribution in [1.82, 2.24) is 0 Å². The zero-order valence-electron chi connectivity index (χ0n) is 14.6. The minimum Gasteiger partial charge on any atom is -0.461 e. The van der Waals surface area contributed by atoms with Gasteiger partial charge in [-0.15, -0.1) is 0 Å². The number of ether oxygens (including phenoxy) is 1. The second kappa shape index (κ2) is 6.93. The van der Waals surface area contributed by atoms with E-state index >= 15 is 0 Å². The van der Waals surface area contributed by atoms with Crippen LogP contribution in [0.4, 0.5) is 0 Å². The Hall–Kier alpha value is -2.88. The van der Waals surface area contributed by atoms with Crippen LogP contribution >= 0.6 is 0 Å². The maximum Gasteiger partial charge on any atom is 0.336 e. The topological polar surface area (TPSA) is 56.5 Å². The SMILES string of the molecule is Cc1ccc(CC(=O)OCc2cc(=O)oc3cc(C)c(C)cc23)cc1. The molecule has 0 aliphatic carbocycles. The molecule has 0 saturated carbocycles. The summed E-state index contributed by atoms with van der Waals surface area (Å²) in [7, 11) is 0. The summed E-state index contributed by atoms with van der Waals surface area (Å²) in [6, 6.07) is 12.9. The fraction of sp³-hybridized carbons (Fsp3) is 0.238. The monoisotopic (exact) mass is 336 g/mol. The highest BCUT2D eigenvalue weighted by molar-refractivity contribution is 5.82. The fourth-order valence-corrected chi connectivity index (χ4v) is 2.68. The highest BCUT2D eigenvalue weighted by Crippen LogP contribution is 2.22. The molecule has 0 radical (unpaired) electrons. The highest BCUT2D eigenvalue weighted by atomic mass is 16.5. The number of carbonyl (C=O) groups excluding carboxylic acids is 1. The summed E-state index contributed by atoms with van der Waals surface area (Å²) < 4.78 is 10.6. The molecular formula is C21H20O4. The minimum absolute atomic E-state index is 0.0509. The van der Waals surface area contributed by atoms with E-state index in [1.807, 2.05) is 57.2 Å². The molecule has 0 fully saturated rings. The van der Waals surface area contributed by atoms with Gasteiger partial charge in [-0.25, -0.2) is 4.79 Å². The molecule has 3 aromatic rings. The maximum absolute atomic E-state index is 12.1. The van der Waals surface area contributed by atoms with Crippen LogP contribution in [-0.4, -0.2) is 5.97 Å². The summed E-state index contributed by atoms with van der Waals surface area (Å²) in [5.41, 5.74) is 4.91. The molecule has 3 rings (SSSR count). The second-order valence-electron chi connectivity index (χ2n) is 6.35. The van der Waals surface area contributed by atoms with Crippen LogP contribution in [0, 0.1) is 20.8 Å². The number of aryl methyl sites for hydroxylation is 3. The van der Waals surface area contributed by atoms with Gasteiger partial charge in [0.15, 0.2) is 0 Å². The minimum atomic E-state index is -0.444. The normalized spacial score (nSPS) is 10.8. The Morgan fingerprint density at radius 1 is 1.00 bits per heavy atom. The number of hydrogen-bond donors (Lipinski definition) is 0. The van der Waals surface area contributed by atoms with E-state index < -0.39 is 5.63 Å². The summed E-state index contributed by atoms with van der Waals surface area (Å²) in [5, 5.41) is 0.797. The number of hydrogen-bond acceptors (Lipinski definition) is 4. The van der Waals surface area contributed by atoms with Gasteiger partial charge >= 0.3 is 11.6 Å². The second-order valence-corrected chi connectivity index (χ2v) is 6.35. The Balaban J connectivity index is 1.78. The molecule has 0 bridgehead atoms. The average molecular weight is 336 g/mol. The number of fused-ring (bicyclic) bond motifs is 1. The largest absolute Gasteiger partial charge is 0.461 e. The first-order valence-corrected chi connectivity index (χ1v) is 8.17. The standard InChI is InChI=1S/C21H20O4/c1-13-4-6-16(7-5-13)10-20(22)24-12-17-11-21(23)25-19-9-15(3)14(2)8-18(17)19/h4-9,11H,10,12H2,1-3H3. The molecule has 0 unspecified atom stereocenters. The van der Waals surface area contributed by atoms with Gasteiger partial charge in [0.05, 0.1) is 6.42 Å². The third kappa shape index (κ3) is 3.97. The van der Waals surface area contributed by atoms with Crippen molar-refractivity contribution in [3.05, 3.63) is 80.7 Å². The van der Waals surface area contributed by atoms with E-state index in [1.165, 1.54) is 6.07 Å². The summed E-state index contributed by atoms with van der Waals surface area (Å²) in [5.74, 6) is -0.325. The molecule has 128 valence electrons. The number of carbonyl (C=O) groups is 1. The van der Waals surface area contributed by atoms with Crippen molar-refractivity contribution in [3.8, 4) is 0 Å². The maximum atomic E-state index is 12.1. The molecule has 1 heterocycles. The molecule has 0 saturated heterocycles. The lowest BCUT2D eigenvalue weighted by atomic mass is 10.0. The molecule has 0 aliphatic heterocycles. The third-order valence-corrected chi connectivity index (χ3v) is 4.30. The van der Waals surface area contributed by atoms with E-state index in [2.05, 4.69) is 0 Å². The molecule has 4 heteroatoms. The molecule has 2 aromatic carbocycles. The predicted molar refractivity (Wildman–Crippen MR) is 96.6 cm³/mol. The van der Waals surface area contributed by atoms with Crippen LogP contribution in [0.15, 0.2) is 51.7 Å². The summed E-state index contributed by atoms with van der Waals surface area (Å²) in [4.78, 5) is 23.8. The highest BCUT2D eigenvalue weighted by Gasteiger charge is 2.11. The van der Waals surface area contributed by atoms with Gasteiger partial charge in [-0.05, 0) is 49.6 Å². The van der Waals surface area contributed by atoms with E-state index in [1.54, 1.807) is 0 Å². The molecule has 0 aliphatic rings. The van der Waals surface area contributed by atoms with Crippen molar-refractivity contribution < 1.29 is 13.9 Å². The quantitative estimate of drug-likeness (QED) is 0.534. The third-order valence-electron chi connectivity index (χ3n) is 4.30. The summed E-state index contributed by atoms with van der Waals surface area (Å²) in [6.45, 7) is 6.00.